The molecule has 1 amide bonds. The third kappa shape index (κ3) is 4.13. The fraction of sp³-hybridized carbons (Fsp3) is 0.214. The second kappa shape index (κ2) is 6.43. The van der Waals surface area contributed by atoms with Gasteiger partial charge in [-0.2, -0.15) is 0 Å². The first-order valence-electron chi connectivity index (χ1n) is 5.97. The Morgan fingerprint density at radius 2 is 2.21 bits per heavy atom. The highest BCUT2D eigenvalue weighted by Crippen LogP contribution is 2.15. The van der Waals surface area contributed by atoms with E-state index in [2.05, 4.69) is 26.6 Å². The highest BCUT2D eigenvalue weighted by atomic mass is 79.9. The fourth-order valence-electron chi connectivity index (χ4n) is 1.68. The summed E-state index contributed by atoms with van der Waals surface area (Å²) in [5, 5.41) is 5.92. The van der Waals surface area contributed by atoms with Gasteiger partial charge in [-0.25, -0.2) is 0 Å². The van der Waals surface area contributed by atoms with Crippen LogP contribution in [0, 0.1) is 0 Å². The van der Waals surface area contributed by atoms with Crippen LogP contribution < -0.4 is 10.6 Å². The van der Waals surface area contributed by atoms with Crippen molar-refractivity contribution in [3.8, 4) is 0 Å². The molecule has 2 rings (SSSR count). The lowest BCUT2D eigenvalue weighted by atomic mass is 10.2. The van der Waals surface area contributed by atoms with Crippen LogP contribution in [0.5, 0.6) is 0 Å². The van der Waals surface area contributed by atoms with Gasteiger partial charge in [-0.1, -0.05) is 22.0 Å². The Hall–Kier alpha value is -1.75. The van der Waals surface area contributed by atoms with Crippen LogP contribution >= 0.6 is 15.9 Å². The molecule has 100 valence electrons. The van der Waals surface area contributed by atoms with E-state index in [-0.39, 0.29) is 18.5 Å². The molecule has 2 N–H and O–H groups in total. The number of amides is 1. The number of hydrogen-bond acceptors (Lipinski definition) is 3. The Bertz CT molecular complexity index is 540. The minimum absolute atomic E-state index is 0.0797. The number of anilines is 1. The van der Waals surface area contributed by atoms with Crippen molar-refractivity contribution in [3.63, 3.8) is 0 Å². The van der Waals surface area contributed by atoms with Crippen LogP contribution in [0.4, 0.5) is 5.69 Å². The summed E-state index contributed by atoms with van der Waals surface area (Å²) in [6.07, 6.45) is 1.59. The maximum Gasteiger partial charge on any atom is 0.239 e. The largest absolute Gasteiger partial charge is 0.467 e. The van der Waals surface area contributed by atoms with Gasteiger partial charge in [0.1, 0.15) is 5.76 Å². The number of benzene rings is 1. The normalized spacial score (nSPS) is 11.9. The van der Waals surface area contributed by atoms with E-state index in [1.165, 1.54) is 0 Å². The quantitative estimate of drug-likeness (QED) is 0.887. The van der Waals surface area contributed by atoms with Gasteiger partial charge in [-0.15, -0.1) is 0 Å². The number of carbonyl (C=O) groups excluding carboxylic acids is 1. The lowest BCUT2D eigenvalue weighted by Gasteiger charge is -2.12. The van der Waals surface area contributed by atoms with Crippen LogP contribution in [0.3, 0.4) is 0 Å². The van der Waals surface area contributed by atoms with Crippen molar-refractivity contribution in [2.24, 2.45) is 0 Å². The van der Waals surface area contributed by atoms with Crippen molar-refractivity contribution in [2.45, 2.75) is 13.0 Å². The van der Waals surface area contributed by atoms with Gasteiger partial charge in [0, 0.05) is 10.2 Å². The predicted molar refractivity (Wildman–Crippen MR) is 77.9 cm³/mol. The Morgan fingerprint density at radius 3 is 2.89 bits per heavy atom. The summed E-state index contributed by atoms with van der Waals surface area (Å²) >= 11 is 3.38. The van der Waals surface area contributed by atoms with Crippen LogP contribution in [0.15, 0.2) is 51.6 Å². The van der Waals surface area contributed by atoms with Gasteiger partial charge >= 0.3 is 0 Å². The maximum absolute atomic E-state index is 11.8. The summed E-state index contributed by atoms with van der Waals surface area (Å²) in [5.74, 6) is 0.666. The minimum Gasteiger partial charge on any atom is -0.467 e. The van der Waals surface area contributed by atoms with Crippen LogP contribution in [0.1, 0.15) is 18.7 Å². The number of rotatable bonds is 5. The van der Waals surface area contributed by atoms with Crippen LogP contribution in [0.25, 0.3) is 0 Å². The first-order valence-corrected chi connectivity index (χ1v) is 6.76. The van der Waals surface area contributed by atoms with E-state index in [1.807, 2.05) is 37.3 Å². The molecule has 1 aromatic carbocycles. The summed E-state index contributed by atoms with van der Waals surface area (Å²) in [6, 6.07) is 11.2. The molecule has 0 aliphatic carbocycles. The van der Waals surface area contributed by atoms with E-state index in [1.54, 1.807) is 12.3 Å². The van der Waals surface area contributed by atoms with Crippen molar-refractivity contribution in [1.82, 2.24) is 5.32 Å². The van der Waals surface area contributed by atoms with Crippen molar-refractivity contribution in [3.05, 3.63) is 52.9 Å². The standard InChI is InChI=1S/C14H15BrN2O2/c1-10(13-6-3-7-19-13)17-14(18)9-16-12-5-2-4-11(15)8-12/h2-8,10,16H,9H2,1H3,(H,17,18). The second-order valence-corrected chi connectivity index (χ2v) is 5.08. The maximum atomic E-state index is 11.8. The monoisotopic (exact) mass is 322 g/mol. The zero-order valence-corrected chi connectivity index (χ0v) is 12.1. The molecule has 0 bridgehead atoms. The van der Waals surface area contributed by atoms with Gasteiger partial charge in [-0.05, 0) is 37.3 Å². The van der Waals surface area contributed by atoms with Crippen LogP contribution in [-0.4, -0.2) is 12.5 Å². The molecule has 0 aliphatic heterocycles. The molecule has 0 fully saturated rings. The van der Waals surface area contributed by atoms with Gasteiger partial charge in [0.25, 0.3) is 0 Å². The summed E-state index contributed by atoms with van der Waals surface area (Å²) in [6.45, 7) is 2.11. The second-order valence-electron chi connectivity index (χ2n) is 4.17. The van der Waals surface area contributed by atoms with Gasteiger partial charge in [0.15, 0.2) is 0 Å². The molecule has 19 heavy (non-hydrogen) atoms. The van der Waals surface area contributed by atoms with Gasteiger partial charge < -0.3 is 15.1 Å². The van der Waals surface area contributed by atoms with Crippen molar-refractivity contribution in [1.29, 1.82) is 0 Å². The van der Waals surface area contributed by atoms with E-state index in [9.17, 15) is 4.79 Å². The molecule has 5 heteroatoms. The molecule has 0 aliphatic rings. The zero-order valence-electron chi connectivity index (χ0n) is 10.5. The molecule has 1 aromatic heterocycles. The molecule has 0 radical (unpaired) electrons. The van der Waals surface area contributed by atoms with E-state index >= 15 is 0 Å². The highest BCUT2D eigenvalue weighted by Gasteiger charge is 2.11. The Labute approximate surface area is 120 Å². The predicted octanol–water partition coefficient (Wildman–Crippen LogP) is 3.33. The van der Waals surface area contributed by atoms with Gasteiger partial charge in [-0.3, -0.25) is 4.79 Å². The first kappa shape index (κ1) is 13.7. The van der Waals surface area contributed by atoms with E-state index < -0.39 is 0 Å². The number of halogens is 1. The molecule has 0 saturated carbocycles. The SMILES string of the molecule is CC(NC(=O)CNc1cccc(Br)c1)c1ccco1. The minimum atomic E-state index is -0.133. The molecular weight excluding hydrogens is 308 g/mol. The average Bonchev–Trinajstić information content (AvgIpc) is 2.90. The lowest BCUT2D eigenvalue weighted by molar-refractivity contribution is -0.120. The molecule has 1 atom stereocenters. The molecular formula is C14H15BrN2O2. The van der Waals surface area contributed by atoms with E-state index in [4.69, 9.17) is 4.42 Å². The summed E-state index contributed by atoms with van der Waals surface area (Å²) in [5.41, 5.74) is 0.898. The first-order chi connectivity index (χ1) is 9.15. The Balaban J connectivity index is 1.82. The molecule has 0 spiro atoms. The van der Waals surface area contributed by atoms with Crippen molar-refractivity contribution >= 4 is 27.5 Å². The summed E-state index contributed by atoms with van der Waals surface area (Å²) in [7, 11) is 0. The third-order valence-corrected chi connectivity index (χ3v) is 3.12. The summed E-state index contributed by atoms with van der Waals surface area (Å²) in [4.78, 5) is 11.8. The Kier molecular flexibility index (Phi) is 4.63. The van der Waals surface area contributed by atoms with Crippen LogP contribution in [0.2, 0.25) is 0 Å². The van der Waals surface area contributed by atoms with Crippen molar-refractivity contribution in [2.75, 3.05) is 11.9 Å². The molecule has 4 nitrogen and oxygen atoms in total. The third-order valence-electron chi connectivity index (χ3n) is 2.63. The molecule has 0 saturated heterocycles. The number of nitrogens with one attached hydrogen (secondary N) is 2. The van der Waals surface area contributed by atoms with Crippen LogP contribution in [-0.2, 0) is 4.79 Å². The van der Waals surface area contributed by atoms with Crippen molar-refractivity contribution < 1.29 is 9.21 Å². The van der Waals surface area contributed by atoms with E-state index in [0.29, 0.717) is 0 Å². The summed E-state index contributed by atoms with van der Waals surface area (Å²) < 4.78 is 6.21. The fourth-order valence-corrected chi connectivity index (χ4v) is 2.08. The Morgan fingerprint density at radius 1 is 1.37 bits per heavy atom. The lowest BCUT2D eigenvalue weighted by Crippen LogP contribution is -2.31. The highest BCUT2D eigenvalue weighted by molar-refractivity contribution is 9.10. The molecule has 2 aromatic rings. The van der Waals surface area contributed by atoms with Gasteiger partial charge in [0.05, 0.1) is 18.8 Å². The number of carbonyl (C=O) groups is 1. The smallest absolute Gasteiger partial charge is 0.239 e. The molecule has 1 heterocycles. The topological polar surface area (TPSA) is 54.3 Å². The van der Waals surface area contributed by atoms with Gasteiger partial charge in [0.2, 0.25) is 5.91 Å². The number of furan rings is 1. The molecule has 1 unspecified atom stereocenters. The number of hydrogen-bond donors (Lipinski definition) is 2. The van der Waals surface area contributed by atoms with E-state index in [0.717, 1.165) is 15.9 Å². The average molecular weight is 323 g/mol. The zero-order chi connectivity index (χ0) is 13.7.